The van der Waals surface area contributed by atoms with Crippen molar-refractivity contribution in [3.63, 3.8) is 0 Å². The van der Waals surface area contributed by atoms with E-state index in [-0.39, 0.29) is 55.2 Å². The Bertz CT molecular complexity index is 1220. The van der Waals surface area contributed by atoms with Gasteiger partial charge in [0.25, 0.3) is 5.60 Å². The number of ketones is 2. The monoisotopic (exact) mass is 657 g/mol. The summed E-state index contributed by atoms with van der Waals surface area (Å²) < 4.78 is 12.5. The molecule has 3 aliphatic carbocycles. The van der Waals surface area contributed by atoms with E-state index >= 15 is 0 Å². The lowest BCUT2D eigenvalue weighted by atomic mass is 9.56. The molecule has 0 aromatic rings. The van der Waals surface area contributed by atoms with Crippen LogP contribution in [0.3, 0.4) is 0 Å². The second-order valence-corrected chi connectivity index (χ2v) is 16.0. The molecule has 10 atom stereocenters. The number of quaternary nitrogens is 2. The Labute approximate surface area is 282 Å². The molecule has 2 heterocycles. The first-order chi connectivity index (χ1) is 22.5. The number of esters is 1. The van der Waals surface area contributed by atoms with Crippen molar-refractivity contribution in [1.82, 2.24) is 0 Å². The van der Waals surface area contributed by atoms with Crippen molar-refractivity contribution in [2.24, 2.45) is 47.2 Å². The number of aliphatic hydroxyl groups excluding tert-OH is 1. The Kier molecular flexibility index (Phi) is 11.9. The number of epoxide rings is 1. The van der Waals surface area contributed by atoms with Gasteiger partial charge in [-0.1, -0.05) is 38.8 Å². The molecule has 2 aliphatic heterocycles. The van der Waals surface area contributed by atoms with Crippen molar-refractivity contribution in [1.29, 1.82) is 0 Å². The molecule has 47 heavy (non-hydrogen) atoms. The smallest absolute Gasteiger partial charge is 0.350 e. The van der Waals surface area contributed by atoms with E-state index in [4.69, 9.17) is 15.2 Å². The quantitative estimate of drug-likeness (QED) is 0.0970. The maximum absolute atomic E-state index is 14.7. The topological polar surface area (TPSA) is 152 Å². The van der Waals surface area contributed by atoms with E-state index in [1.54, 1.807) is 0 Å². The maximum Gasteiger partial charge on any atom is 0.350 e. The normalized spacial score (nSPS) is 38.9. The summed E-state index contributed by atoms with van der Waals surface area (Å²) in [4.78, 5) is 43.7. The highest BCUT2D eigenvalue weighted by Crippen LogP contribution is 2.63. The molecule has 0 spiro atoms. The summed E-state index contributed by atoms with van der Waals surface area (Å²) in [6.45, 7) is 12.5. The van der Waals surface area contributed by atoms with E-state index in [9.17, 15) is 19.5 Å². The number of likely N-dealkylation sites (N-methyl/N-ethyl adjacent to an activating group) is 1. The Hall–Kier alpha value is -1.91. The molecule has 0 radical (unpaired) electrons. The molecule has 0 bridgehead atoms. The van der Waals surface area contributed by atoms with E-state index in [0.717, 1.165) is 76.5 Å². The average molecular weight is 658 g/mol. The lowest BCUT2D eigenvalue weighted by molar-refractivity contribution is -0.699. The van der Waals surface area contributed by atoms with Gasteiger partial charge >= 0.3 is 5.97 Å². The first kappa shape index (κ1) is 36.4. The number of allylic oxidation sites excluding steroid dienone is 2. The van der Waals surface area contributed by atoms with Gasteiger partial charge in [0, 0.05) is 30.6 Å². The number of carbonyl (C=O) groups excluding carboxylic acids is 3. The molecule has 0 amide bonds. The third-order valence-corrected chi connectivity index (χ3v) is 12.4. The second kappa shape index (κ2) is 15.3. The van der Waals surface area contributed by atoms with Crippen molar-refractivity contribution in [3.05, 3.63) is 23.3 Å². The van der Waals surface area contributed by atoms with Crippen LogP contribution in [0.15, 0.2) is 23.3 Å². The fourth-order valence-corrected chi connectivity index (χ4v) is 9.67. The summed E-state index contributed by atoms with van der Waals surface area (Å²) in [5.74, 6) is -0.608. The molecule has 5 rings (SSSR count). The molecule has 264 valence electrons. The molecular weight excluding hydrogens is 594 g/mol. The SMILES string of the molecule is CC[NH2+]C1C=CC(CC)CC1COC(=O)C12OC1(CC(CO)=C(C)CCC1CC[NH2+]C(N)C1)C(=O)C1CCCC(CC(C)C)C1C2=O. The lowest BCUT2D eigenvalue weighted by Crippen LogP contribution is -2.94. The lowest BCUT2D eigenvalue weighted by Gasteiger charge is -2.42. The van der Waals surface area contributed by atoms with Gasteiger partial charge in [-0.05, 0) is 101 Å². The second-order valence-electron chi connectivity index (χ2n) is 16.0. The Balaban J connectivity index is 1.42. The standard InChI is InChI=1S/C38H61N3O6/c1-6-25-13-14-31(40-7-2)28(18-25)22-46-36(45)38-35(44)33-27(17-23(3)4)9-8-10-30(33)34(43)37(38,47-38)20-29(21-42)24(5)11-12-26-15-16-41-32(39)19-26/h13-14,23,25-28,30-33,40-42H,6-12,15-22,39H2,1-5H3/p+2. The third kappa shape index (κ3) is 7.21. The fourth-order valence-electron chi connectivity index (χ4n) is 9.67. The number of rotatable bonds is 14. The van der Waals surface area contributed by atoms with Crippen molar-refractivity contribution >= 4 is 17.5 Å². The molecule has 9 heteroatoms. The number of piperidine rings is 1. The molecule has 7 N–H and O–H groups in total. The van der Waals surface area contributed by atoms with Crippen LogP contribution in [0.5, 0.6) is 0 Å². The van der Waals surface area contributed by atoms with E-state index in [1.165, 1.54) is 0 Å². The van der Waals surface area contributed by atoms with Gasteiger partial charge in [-0.25, -0.2) is 4.79 Å². The summed E-state index contributed by atoms with van der Waals surface area (Å²) in [6, 6.07) is 0.197. The van der Waals surface area contributed by atoms with Gasteiger partial charge < -0.3 is 25.2 Å². The van der Waals surface area contributed by atoms with Crippen LogP contribution >= 0.6 is 0 Å². The number of hydrogen-bond acceptors (Lipinski definition) is 7. The Morgan fingerprint density at radius 2 is 1.94 bits per heavy atom. The van der Waals surface area contributed by atoms with Gasteiger partial charge in [0.2, 0.25) is 0 Å². The van der Waals surface area contributed by atoms with Crippen LogP contribution < -0.4 is 16.4 Å². The van der Waals surface area contributed by atoms with Crippen molar-refractivity contribution in [2.45, 2.75) is 129 Å². The van der Waals surface area contributed by atoms with Gasteiger partial charge in [0.15, 0.2) is 17.2 Å². The highest BCUT2D eigenvalue weighted by atomic mass is 16.7. The molecule has 4 fully saturated rings. The van der Waals surface area contributed by atoms with E-state index in [0.29, 0.717) is 29.7 Å². The highest BCUT2D eigenvalue weighted by molar-refractivity contribution is 6.23. The van der Waals surface area contributed by atoms with Crippen molar-refractivity contribution in [2.75, 3.05) is 26.3 Å². The van der Waals surface area contributed by atoms with E-state index in [2.05, 4.69) is 50.5 Å². The van der Waals surface area contributed by atoms with Gasteiger partial charge in [0.05, 0.1) is 19.7 Å². The summed E-state index contributed by atoms with van der Waals surface area (Å²) in [5.41, 5.74) is 4.36. The van der Waals surface area contributed by atoms with Crippen LogP contribution in [-0.2, 0) is 23.9 Å². The zero-order valence-electron chi connectivity index (χ0n) is 29.7. The van der Waals surface area contributed by atoms with Crippen LogP contribution in [0.4, 0.5) is 0 Å². The van der Waals surface area contributed by atoms with Gasteiger partial charge in [-0.15, -0.1) is 0 Å². The number of carbonyl (C=O) groups is 3. The van der Waals surface area contributed by atoms with Gasteiger partial charge in [-0.2, -0.15) is 0 Å². The van der Waals surface area contributed by atoms with Gasteiger partial charge in [-0.3, -0.25) is 15.3 Å². The molecule has 0 aromatic carbocycles. The number of hydrogen-bond donors (Lipinski definition) is 4. The first-order valence-corrected chi connectivity index (χ1v) is 18.9. The fraction of sp³-hybridized carbons (Fsp3) is 0.816. The van der Waals surface area contributed by atoms with E-state index < -0.39 is 29.0 Å². The molecular formula is C38H63N3O6+2. The number of fused-ring (bicyclic) bond motifs is 2. The minimum atomic E-state index is -1.93. The molecule has 2 saturated carbocycles. The number of Topliss-reactive ketones (excluding diaryl/α,β-unsaturated/α-hetero) is 2. The number of ether oxygens (including phenoxy) is 2. The molecule has 10 unspecified atom stereocenters. The summed E-state index contributed by atoms with van der Waals surface area (Å²) in [7, 11) is 0. The first-order valence-electron chi connectivity index (χ1n) is 18.9. The molecule has 0 aromatic heterocycles. The van der Waals surface area contributed by atoms with Gasteiger partial charge in [0.1, 0.15) is 18.8 Å². The highest BCUT2D eigenvalue weighted by Gasteiger charge is 2.87. The Morgan fingerprint density at radius 3 is 2.62 bits per heavy atom. The summed E-state index contributed by atoms with van der Waals surface area (Å²) in [5, 5.41) is 15.1. The zero-order chi connectivity index (χ0) is 33.9. The predicted molar refractivity (Wildman–Crippen MR) is 180 cm³/mol. The minimum Gasteiger partial charge on any atom is -0.463 e. The summed E-state index contributed by atoms with van der Waals surface area (Å²) >= 11 is 0. The van der Waals surface area contributed by atoms with Crippen molar-refractivity contribution in [3.8, 4) is 0 Å². The average Bonchev–Trinajstić information content (AvgIpc) is 3.76. The van der Waals surface area contributed by atoms with Crippen LogP contribution in [0, 0.1) is 41.4 Å². The van der Waals surface area contributed by atoms with Crippen LogP contribution in [0.2, 0.25) is 0 Å². The molecule has 9 nitrogen and oxygen atoms in total. The number of aliphatic hydroxyl groups is 1. The summed E-state index contributed by atoms with van der Waals surface area (Å²) in [6.07, 6.45) is 13.7. The number of nitrogens with two attached hydrogens (primary N) is 3. The third-order valence-electron chi connectivity index (χ3n) is 12.4. The molecule has 2 saturated heterocycles. The zero-order valence-corrected chi connectivity index (χ0v) is 29.7. The van der Waals surface area contributed by atoms with E-state index in [1.807, 2.05) is 6.92 Å². The maximum atomic E-state index is 14.7. The minimum absolute atomic E-state index is 0.0445. The Morgan fingerprint density at radius 1 is 1.15 bits per heavy atom. The van der Waals surface area contributed by atoms with Crippen LogP contribution in [0.25, 0.3) is 0 Å². The van der Waals surface area contributed by atoms with Crippen LogP contribution in [0.1, 0.15) is 105 Å². The largest absolute Gasteiger partial charge is 0.463 e. The predicted octanol–water partition coefficient (Wildman–Crippen LogP) is 2.56. The van der Waals surface area contributed by atoms with Crippen molar-refractivity contribution < 1.29 is 39.6 Å². The molecule has 5 aliphatic rings. The van der Waals surface area contributed by atoms with Crippen LogP contribution in [-0.4, -0.2) is 72.4 Å².